The highest BCUT2D eigenvalue weighted by molar-refractivity contribution is 7.98. The number of nitrogens with zero attached hydrogens (tertiary/aromatic N) is 3. The van der Waals surface area contributed by atoms with Crippen LogP contribution in [0.15, 0.2) is 52.3 Å². The van der Waals surface area contributed by atoms with Crippen LogP contribution in [0.3, 0.4) is 0 Å². The highest BCUT2D eigenvalue weighted by atomic mass is 32.2. The van der Waals surface area contributed by atoms with E-state index in [1.807, 2.05) is 30.3 Å². The van der Waals surface area contributed by atoms with Crippen molar-refractivity contribution in [2.75, 3.05) is 0 Å². The minimum Gasteiger partial charge on any atom is -0.440 e. The standard InChI is InChI=1S/C18H15N3O2S/c22-16-8-4-7-15-14(16)10-20-18(21-15)24-11-13-9-19-17(23-13)12-5-2-1-3-6-12/h1-3,5-6,9-10H,4,7-8,11H2. The molecule has 0 bridgehead atoms. The lowest BCUT2D eigenvalue weighted by Crippen LogP contribution is -2.13. The number of hydrogen-bond acceptors (Lipinski definition) is 6. The van der Waals surface area contributed by atoms with E-state index in [2.05, 4.69) is 15.0 Å². The molecule has 3 aromatic rings. The summed E-state index contributed by atoms with van der Waals surface area (Å²) in [6.45, 7) is 0. The highest BCUT2D eigenvalue weighted by Gasteiger charge is 2.19. The molecule has 1 aliphatic carbocycles. The molecule has 0 radical (unpaired) electrons. The zero-order chi connectivity index (χ0) is 16.4. The Hall–Kier alpha value is -2.47. The van der Waals surface area contributed by atoms with Gasteiger partial charge in [0.25, 0.3) is 0 Å². The van der Waals surface area contributed by atoms with E-state index in [9.17, 15) is 4.79 Å². The summed E-state index contributed by atoms with van der Waals surface area (Å²) < 4.78 is 5.78. The maximum Gasteiger partial charge on any atom is 0.226 e. The van der Waals surface area contributed by atoms with Crippen molar-refractivity contribution in [2.45, 2.75) is 30.2 Å². The van der Waals surface area contributed by atoms with Gasteiger partial charge >= 0.3 is 0 Å². The molecule has 0 unspecified atom stereocenters. The summed E-state index contributed by atoms with van der Waals surface area (Å²) >= 11 is 1.49. The first kappa shape index (κ1) is 15.1. The fraction of sp³-hybridized carbons (Fsp3) is 0.222. The van der Waals surface area contributed by atoms with E-state index < -0.39 is 0 Å². The molecule has 2 aromatic heterocycles. The molecule has 0 saturated carbocycles. The summed E-state index contributed by atoms with van der Waals surface area (Å²) in [5.74, 6) is 2.14. The molecule has 1 aromatic carbocycles. The normalized spacial score (nSPS) is 13.8. The van der Waals surface area contributed by atoms with Crippen LogP contribution in [0.25, 0.3) is 11.5 Å². The second-order valence-corrected chi connectivity index (χ2v) is 6.52. The van der Waals surface area contributed by atoms with E-state index in [0.29, 0.717) is 28.8 Å². The lowest BCUT2D eigenvalue weighted by Gasteiger charge is -2.13. The Kier molecular flexibility index (Phi) is 4.13. The van der Waals surface area contributed by atoms with Gasteiger partial charge in [0.15, 0.2) is 10.9 Å². The van der Waals surface area contributed by atoms with Crippen LogP contribution in [0, 0.1) is 0 Å². The smallest absolute Gasteiger partial charge is 0.226 e. The van der Waals surface area contributed by atoms with E-state index in [0.717, 1.165) is 29.9 Å². The van der Waals surface area contributed by atoms with Gasteiger partial charge in [0, 0.05) is 18.2 Å². The Morgan fingerprint density at radius 3 is 2.83 bits per heavy atom. The predicted octanol–water partition coefficient (Wildman–Crippen LogP) is 3.94. The molecular weight excluding hydrogens is 322 g/mol. The molecule has 0 aliphatic heterocycles. The quantitative estimate of drug-likeness (QED) is 0.530. The lowest BCUT2D eigenvalue weighted by atomic mass is 9.96. The minimum absolute atomic E-state index is 0.149. The average Bonchev–Trinajstić information content (AvgIpc) is 3.10. The Morgan fingerprint density at radius 2 is 1.96 bits per heavy atom. The molecule has 0 N–H and O–H groups in total. The molecule has 0 amide bonds. The maximum absolute atomic E-state index is 11.8. The largest absolute Gasteiger partial charge is 0.440 e. The van der Waals surface area contributed by atoms with Crippen molar-refractivity contribution in [1.82, 2.24) is 15.0 Å². The third-order valence-corrected chi connectivity index (χ3v) is 4.77. The number of Topliss-reactive ketones (excluding diaryl/α,β-unsaturated/α-hetero) is 1. The number of ketones is 1. The number of rotatable bonds is 4. The SMILES string of the molecule is O=C1CCCc2nc(SCc3cnc(-c4ccccc4)o3)ncc21. The molecule has 0 atom stereocenters. The number of thioether (sulfide) groups is 1. The molecule has 2 heterocycles. The summed E-state index contributed by atoms with van der Waals surface area (Å²) in [5.41, 5.74) is 2.50. The van der Waals surface area contributed by atoms with Crippen LogP contribution in [0.1, 0.15) is 34.7 Å². The first-order valence-electron chi connectivity index (χ1n) is 7.81. The second-order valence-electron chi connectivity index (χ2n) is 5.58. The summed E-state index contributed by atoms with van der Waals surface area (Å²) in [4.78, 5) is 24.9. The Balaban J connectivity index is 1.46. The predicted molar refractivity (Wildman–Crippen MR) is 90.8 cm³/mol. The summed E-state index contributed by atoms with van der Waals surface area (Å²) in [6.07, 6.45) is 5.70. The third kappa shape index (κ3) is 3.10. The van der Waals surface area contributed by atoms with E-state index >= 15 is 0 Å². The van der Waals surface area contributed by atoms with Crippen molar-refractivity contribution in [2.24, 2.45) is 0 Å². The minimum atomic E-state index is 0.149. The molecule has 24 heavy (non-hydrogen) atoms. The van der Waals surface area contributed by atoms with Crippen LogP contribution in [0.2, 0.25) is 0 Å². The van der Waals surface area contributed by atoms with Gasteiger partial charge in [0.05, 0.1) is 23.2 Å². The van der Waals surface area contributed by atoms with Gasteiger partial charge in [0.1, 0.15) is 5.76 Å². The number of carbonyl (C=O) groups excluding carboxylic acids is 1. The maximum atomic E-state index is 11.8. The van der Waals surface area contributed by atoms with Crippen molar-refractivity contribution in [1.29, 1.82) is 0 Å². The number of oxazole rings is 1. The monoisotopic (exact) mass is 337 g/mol. The van der Waals surface area contributed by atoms with Gasteiger partial charge in [0.2, 0.25) is 5.89 Å². The number of carbonyl (C=O) groups is 1. The first-order valence-corrected chi connectivity index (χ1v) is 8.80. The molecule has 4 rings (SSSR count). The highest BCUT2D eigenvalue weighted by Crippen LogP contribution is 2.26. The van der Waals surface area contributed by atoms with Gasteiger partial charge in [-0.15, -0.1) is 0 Å². The summed E-state index contributed by atoms with van der Waals surface area (Å²) in [6, 6.07) is 9.80. The van der Waals surface area contributed by atoms with Crippen molar-refractivity contribution < 1.29 is 9.21 Å². The Bertz CT molecular complexity index is 877. The van der Waals surface area contributed by atoms with Crippen LogP contribution in [-0.2, 0) is 12.2 Å². The molecule has 1 aliphatic rings. The fourth-order valence-corrected chi connectivity index (χ4v) is 3.37. The van der Waals surface area contributed by atoms with Gasteiger partial charge in [-0.05, 0) is 25.0 Å². The fourth-order valence-electron chi connectivity index (χ4n) is 2.67. The Labute approximate surface area is 143 Å². The molecule has 120 valence electrons. The van der Waals surface area contributed by atoms with Gasteiger partial charge in [-0.3, -0.25) is 4.79 Å². The number of aryl methyl sites for hydroxylation is 1. The molecule has 0 saturated heterocycles. The van der Waals surface area contributed by atoms with E-state index in [4.69, 9.17) is 4.42 Å². The van der Waals surface area contributed by atoms with Crippen LogP contribution in [0.5, 0.6) is 0 Å². The molecule has 0 fully saturated rings. The van der Waals surface area contributed by atoms with Crippen molar-refractivity contribution in [3.63, 3.8) is 0 Å². The van der Waals surface area contributed by atoms with Crippen molar-refractivity contribution >= 4 is 17.5 Å². The van der Waals surface area contributed by atoms with Crippen molar-refractivity contribution in [3.05, 3.63) is 59.7 Å². The summed E-state index contributed by atoms with van der Waals surface area (Å²) in [5, 5.41) is 0.668. The second kappa shape index (κ2) is 6.57. The van der Waals surface area contributed by atoms with Crippen LogP contribution < -0.4 is 0 Å². The number of hydrogen-bond donors (Lipinski definition) is 0. The zero-order valence-electron chi connectivity index (χ0n) is 12.9. The molecular formula is C18H15N3O2S. The van der Waals surface area contributed by atoms with E-state index in [-0.39, 0.29) is 5.78 Å². The lowest BCUT2D eigenvalue weighted by molar-refractivity contribution is 0.0970. The topological polar surface area (TPSA) is 68.9 Å². The van der Waals surface area contributed by atoms with Gasteiger partial charge in [-0.1, -0.05) is 30.0 Å². The Morgan fingerprint density at radius 1 is 1.08 bits per heavy atom. The molecule has 6 heteroatoms. The van der Waals surface area contributed by atoms with Crippen molar-refractivity contribution in [3.8, 4) is 11.5 Å². The van der Waals surface area contributed by atoms with Crippen LogP contribution in [0.4, 0.5) is 0 Å². The van der Waals surface area contributed by atoms with Gasteiger partial charge in [-0.25, -0.2) is 15.0 Å². The zero-order valence-corrected chi connectivity index (χ0v) is 13.8. The first-order chi connectivity index (χ1) is 11.8. The van der Waals surface area contributed by atoms with Crippen LogP contribution >= 0.6 is 11.8 Å². The molecule has 0 spiro atoms. The van der Waals surface area contributed by atoms with Gasteiger partial charge in [-0.2, -0.15) is 0 Å². The van der Waals surface area contributed by atoms with E-state index in [1.165, 1.54) is 11.8 Å². The number of aromatic nitrogens is 3. The van der Waals surface area contributed by atoms with Gasteiger partial charge < -0.3 is 4.42 Å². The summed E-state index contributed by atoms with van der Waals surface area (Å²) in [7, 11) is 0. The van der Waals surface area contributed by atoms with Crippen LogP contribution in [-0.4, -0.2) is 20.7 Å². The number of fused-ring (bicyclic) bond motifs is 1. The van der Waals surface area contributed by atoms with E-state index in [1.54, 1.807) is 12.4 Å². The number of benzene rings is 1. The third-order valence-electron chi connectivity index (χ3n) is 3.88. The molecule has 5 nitrogen and oxygen atoms in total. The average molecular weight is 337 g/mol.